The highest BCUT2D eigenvalue weighted by Gasteiger charge is 2.19. The zero-order valence-corrected chi connectivity index (χ0v) is 29.6. The van der Waals surface area contributed by atoms with Crippen LogP contribution in [0.3, 0.4) is 0 Å². The van der Waals surface area contributed by atoms with Gasteiger partial charge in [0.15, 0.2) is 0 Å². The molecule has 0 spiro atoms. The van der Waals surface area contributed by atoms with Crippen molar-refractivity contribution in [1.29, 1.82) is 0 Å². The van der Waals surface area contributed by atoms with Gasteiger partial charge in [-0.15, -0.1) is 0 Å². The number of nitrogens with zero attached hydrogens (tertiary/aromatic N) is 2. The Morgan fingerprint density at radius 3 is 1.25 bits per heavy atom. The van der Waals surface area contributed by atoms with Crippen LogP contribution in [0.2, 0.25) is 0 Å². The van der Waals surface area contributed by atoms with E-state index in [9.17, 15) is 0 Å². The summed E-state index contributed by atoms with van der Waals surface area (Å²) in [6.45, 7) is 15.5. The lowest BCUT2D eigenvalue weighted by Crippen LogP contribution is -2.13. The minimum absolute atomic E-state index is 1.13. The van der Waals surface area contributed by atoms with Crippen molar-refractivity contribution in [2.75, 3.05) is 9.80 Å². The first-order valence-electron chi connectivity index (χ1n) is 17.3. The second-order valence-corrected chi connectivity index (χ2v) is 13.4. The molecule has 0 fully saturated rings. The van der Waals surface area contributed by atoms with Crippen molar-refractivity contribution in [1.82, 2.24) is 0 Å². The normalized spacial score (nSPS) is 11.1. The molecule has 0 saturated heterocycles. The molecule has 0 aliphatic rings. The molecule has 0 bridgehead atoms. The first kappa shape index (κ1) is 32.8. The van der Waals surface area contributed by atoms with Gasteiger partial charge in [0.2, 0.25) is 0 Å². The molecule has 0 heterocycles. The van der Waals surface area contributed by atoms with E-state index in [0.29, 0.717) is 0 Å². The van der Waals surface area contributed by atoms with Crippen LogP contribution in [0, 0.1) is 41.5 Å². The summed E-state index contributed by atoms with van der Waals surface area (Å²) >= 11 is 0. The Balaban J connectivity index is 1.38. The highest BCUT2D eigenvalue weighted by atomic mass is 15.2. The second-order valence-electron chi connectivity index (χ2n) is 13.4. The highest BCUT2D eigenvalue weighted by Crippen LogP contribution is 2.42. The number of aryl methyl sites for hydroxylation is 7. The Kier molecular flexibility index (Phi) is 9.82. The summed E-state index contributed by atoms with van der Waals surface area (Å²) in [5.41, 5.74) is 18.5. The fourth-order valence-corrected chi connectivity index (χ4v) is 6.87. The van der Waals surface area contributed by atoms with Crippen LogP contribution in [-0.4, -0.2) is 0 Å². The van der Waals surface area contributed by atoms with Crippen LogP contribution in [0.4, 0.5) is 34.1 Å². The zero-order chi connectivity index (χ0) is 33.8. The molecule has 0 atom stereocenters. The third-order valence-corrected chi connectivity index (χ3v) is 9.42. The Morgan fingerprint density at radius 2 is 0.833 bits per heavy atom. The molecule has 242 valence electrons. The van der Waals surface area contributed by atoms with Crippen LogP contribution in [0.1, 0.15) is 58.7 Å². The topological polar surface area (TPSA) is 6.48 Å². The van der Waals surface area contributed by atoms with Crippen LogP contribution >= 0.6 is 0 Å². The lowest BCUT2D eigenvalue weighted by molar-refractivity contribution is 0.795. The average Bonchev–Trinajstić information content (AvgIpc) is 3.08. The molecule has 48 heavy (non-hydrogen) atoms. The molecule has 0 unspecified atom stereocenters. The molecule has 0 radical (unpaired) electrons. The molecule has 0 aliphatic carbocycles. The summed E-state index contributed by atoms with van der Waals surface area (Å²) in [6.07, 6.45) is 3.55. The van der Waals surface area contributed by atoms with Gasteiger partial charge in [-0.3, -0.25) is 0 Å². The quantitative estimate of drug-likeness (QED) is 0.149. The van der Waals surface area contributed by atoms with Crippen LogP contribution in [0.5, 0.6) is 0 Å². The maximum absolute atomic E-state index is 2.42. The van der Waals surface area contributed by atoms with Gasteiger partial charge in [-0.05, 0) is 154 Å². The van der Waals surface area contributed by atoms with Gasteiger partial charge in [0.1, 0.15) is 0 Å². The van der Waals surface area contributed by atoms with Crippen molar-refractivity contribution in [2.45, 2.75) is 67.7 Å². The molecule has 0 aromatic heterocycles. The van der Waals surface area contributed by atoms with Gasteiger partial charge in [0, 0.05) is 34.1 Å². The maximum Gasteiger partial charge on any atom is 0.0491 e. The van der Waals surface area contributed by atoms with Gasteiger partial charge < -0.3 is 9.80 Å². The van der Waals surface area contributed by atoms with E-state index in [1.54, 1.807) is 0 Å². The largest absolute Gasteiger partial charge is 0.310 e. The number of hydrogen-bond donors (Lipinski definition) is 0. The molecule has 2 nitrogen and oxygen atoms in total. The summed E-state index contributed by atoms with van der Waals surface area (Å²) in [4.78, 5) is 4.81. The van der Waals surface area contributed by atoms with Crippen LogP contribution in [-0.2, 0) is 6.42 Å². The fraction of sp³-hybridized carbons (Fsp3) is 0.217. The molecule has 0 saturated carbocycles. The van der Waals surface area contributed by atoms with Crippen molar-refractivity contribution in [2.24, 2.45) is 0 Å². The molecular formula is C46H48N2. The number of anilines is 6. The van der Waals surface area contributed by atoms with Gasteiger partial charge in [-0.1, -0.05) is 91.2 Å². The number of unbranched alkanes of at least 4 members (excludes halogenated alkanes) is 1. The SMILES string of the molecule is CCCCc1ccc(N(c2ccc(C)cc2C)c2ccc(-c3ccc(N(c4ccccc4)c4ccc(C)cc4C)c(C)c3)cc2C)cc1. The summed E-state index contributed by atoms with van der Waals surface area (Å²) in [5.74, 6) is 0. The third-order valence-electron chi connectivity index (χ3n) is 9.42. The van der Waals surface area contributed by atoms with E-state index in [2.05, 4.69) is 186 Å². The summed E-state index contributed by atoms with van der Waals surface area (Å²) < 4.78 is 0. The van der Waals surface area contributed by atoms with Crippen LogP contribution in [0.25, 0.3) is 11.1 Å². The molecule has 6 rings (SSSR count). The number of rotatable bonds is 10. The van der Waals surface area contributed by atoms with Crippen molar-refractivity contribution in [3.8, 4) is 11.1 Å². The van der Waals surface area contributed by atoms with E-state index in [4.69, 9.17) is 0 Å². The molecule has 6 aromatic carbocycles. The number of benzene rings is 6. The van der Waals surface area contributed by atoms with Crippen molar-refractivity contribution < 1.29 is 0 Å². The average molecular weight is 629 g/mol. The lowest BCUT2D eigenvalue weighted by atomic mass is 9.98. The van der Waals surface area contributed by atoms with E-state index in [1.807, 2.05) is 0 Å². The molecule has 0 N–H and O–H groups in total. The fourth-order valence-electron chi connectivity index (χ4n) is 6.87. The van der Waals surface area contributed by atoms with Crippen LogP contribution in [0.15, 0.2) is 127 Å². The predicted octanol–water partition coefficient (Wildman–Crippen LogP) is 13.5. The molecule has 6 aromatic rings. The van der Waals surface area contributed by atoms with Gasteiger partial charge >= 0.3 is 0 Å². The third kappa shape index (κ3) is 6.94. The molecule has 0 aliphatic heterocycles. The Hall–Kier alpha value is -5.08. The van der Waals surface area contributed by atoms with Crippen molar-refractivity contribution in [3.63, 3.8) is 0 Å². The van der Waals surface area contributed by atoms with E-state index in [0.717, 1.165) is 12.1 Å². The summed E-state index contributed by atoms with van der Waals surface area (Å²) in [5, 5.41) is 0. The second kappa shape index (κ2) is 14.4. The Morgan fingerprint density at radius 1 is 0.417 bits per heavy atom. The molecule has 2 heteroatoms. The zero-order valence-electron chi connectivity index (χ0n) is 29.6. The predicted molar refractivity (Wildman–Crippen MR) is 208 cm³/mol. The van der Waals surface area contributed by atoms with Crippen LogP contribution < -0.4 is 9.80 Å². The van der Waals surface area contributed by atoms with E-state index >= 15 is 0 Å². The van der Waals surface area contributed by atoms with Crippen molar-refractivity contribution in [3.05, 3.63) is 166 Å². The smallest absolute Gasteiger partial charge is 0.0491 e. The molecular weight excluding hydrogens is 581 g/mol. The molecule has 0 amide bonds. The Bertz CT molecular complexity index is 2020. The first-order valence-corrected chi connectivity index (χ1v) is 17.3. The summed E-state index contributed by atoms with van der Waals surface area (Å²) in [6, 6.07) is 47.1. The number of para-hydroxylation sites is 1. The first-order chi connectivity index (χ1) is 23.2. The van der Waals surface area contributed by atoms with Gasteiger partial charge in [0.05, 0.1) is 0 Å². The van der Waals surface area contributed by atoms with E-state index in [1.165, 1.54) is 91.3 Å². The summed E-state index contributed by atoms with van der Waals surface area (Å²) in [7, 11) is 0. The monoisotopic (exact) mass is 628 g/mol. The number of hydrogen-bond acceptors (Lipinski definition) is 2. The highest BCUT2D eigenvalue weighted by molar-refractivity contribution is 5.84. The van der Waals surface area contributed by atoms with Gasteiger partial charge in [-0.25, -0.2) is 0 Å². The standard InChI is InChI=1S/C46H48N2/c1-8-9-13-38-18-22-42(23-19-38)48(44-25-17-33(3)29-35(44)5)46-27-21-40(31-37(46)7)39-20-26-45(36(6)30-39)47(41-14-11-10-12-15-41)43-24-16-32(2)28-34(43)4/h10-12,14-31H,8-9,13H2,1-7H3. The Labute approximate surface area is 288 Å². The van der Waals surface area contributed by atoms with Gasteiger partial charge in [-0.2, -0.15) is 0 Å². The maximum atomic E-state index is 2.42. The van der Waals surface area contributed by atoms with E-state index in [-0.39, 0.29) is 0 Å². The van der Waals surface area contributed by atoms with Gasteiger partial charge in [0.25, 0.3) is 0 Å². The minimum atomic E-state index is 1.13. The lowest BCUT2D eigenvalue weighted by Gasteiger charge is -2.30. The van der Waals surface area contributed by atoms with Crippen molar-refractivity contribution >= 4 is 34.1 Å². The minimum Gasteiger partial charge on any atom is -0.310 e. The van der Waals surface area contributed by atoms with E-state index < -0.39 is 0 Å².